The van der Waals surface area contributed by atoms with Crippen molar-refractivity contribution in [3.8, 4) is 0 Å². The van der Waals surface area contributed by atoms with E-state index < -0.39 is 0 Å². The molecule has 0 aliphatic heterocycles. The van der Waals surface area contributed by atoms with Crippen LogP contribution in [0.2, 0.25) is 0 Å². The van der Waals surface area contributed by atoms with E-state index in [4.69, 9.17) is 0 Å². The van der Waals surface area contributed by atoms with Gasteiger partial charge in [-0.3, -0.25) is 9.69 Å². The molecule has 1 amide bonds. The second-order valence-corrected chi connectivity index (χ2v) is 7.99. The highest BCUT2D eigenvalue weighted by Gasteiger charge is 2.29. The highest BCUT2D eigenvalue weighted by molar-refractivity contribution is 5.85. The third kappa shape index (κ3) is 4.45. The first kappa shape index (κ1) is 17.5. The minimum absolute atomic E-state index is 0.237. The topological polar surface area (TPSA) is 32.3 Å². The van der Waals surface area contributed by atoms with Gasteiger partial charge in [-0.2, -0.15) is 0 Å². The molecule has 138 valence electrons. The lowest BCUT2D eigenvalue weighted by Gasteiger charge is -2.25. The average Bonchev–Trinajstić information content (AvgIpc) is 3.51. The largest absolute Gasteiger partial charge is 0.353 e. The molecule has 2 aromatic rings. The van der Waals surface area contributed by atoms with Crippen LogP contribution in [0.25, 0.3) is 10.8 Å². The summed E-state index contributed by atoms with van der Waals surface area (Å²) >= 11 is 0. The maximum absolute atomic E-state index is 12.4. The summed E-state index contributed by atoms with van der Waals surface area (Å²) in [5, 5.41) is 5.90. The van der Waals surface area contributed by atoms with Gasteiger partial charge in [-0.1, -0.05) is 61.7 Å². The van der Waals surface area contributed by atoms with Gasteiger partial charge < -0.3 is 5.32 Å². The number of benzene rings is 2. The van der Waals surface area contributed by atoms with Crippen molar-refractivity contribution in [3.05, 3.63) is 48.0 Å². The van der Waals surface area contributed by atoms with Crippen molar-refractivity contribution in [1.82, 2.24) is 10.2 Å². The minimum Gasteiger partial charge on any atom is -0.353 e. The molecule has 26 heavy (non-hydrogen) atoms. The average molecular weight is 351 g/mol. The van der Waals surface area contributed by atoms with Gasteiger partial charge in [-0.15, -0.1) is 0 Å². The third-order valence-electron chi connectivity index (χ3n) is 5.91. The fourth-order valence-electron chi connectivity index (χ4n) is 4.27. The van der Waals surface area contributed by atoms with Crippen LogP contribution >= 0.6 is 0 Å². The third-order valence-corrected chi connectivity index (χ3v) is 5.91. The van der Waals surface area contributed by atoms with Crippen LogP contribution in [0, 0.1) is 0 Å². The number of carbonyl (C=O) groups excluding carboxylic acids is 1. The van der Waals surface area contributed by atoms with Crippen LogP contribution in [0.5, 0.6) is 0 Å². The standard InChI is InChI=1S/C23H30N2O/c26-23(24-20-10-2-1-3-11-20)15-16-25(21-13-14-21)17-19-9-6-8-18-7-4-5-12-22(18)19/h4-9,12,20-21H,1-3,10-11,13-17H2,(H,24,26). The van der Waals surface area contributed by atoms with Crippen molar-refractivity contribution in [3.63, 3.8) is 0 Å². The van der Waals surface area contributed by atoms with Gasteiger partial charge in [0.15, 0.2) is 0 Å². The summed E-state index contributed by atoms with van der Waals surface area (Å²) in [6.45, 7) is 1.81. The molecule has 0 heterocycles. The highest BCUT2D eigenvalue weighted by Crippen LogP contribution is 2.30. The summed E-state index contributed by atoms with van der Waals surface area (Å²) in [6.07, 6.45) is 9.34. The molecule has 2 fully saturated rings. The second-order valence-electron chi connectivity index (χ2n) is 7.99. The Balaban J connectivity index is 1.36. The maximum atomic E-state index is 12.4. The van der Waals surface area contributed by atoms with Crippen LogP contribution < -0.4 is 5.32 Å². The lowest BCUT2D eigenvalue weighted by Crippen LogP contribution is -2.38. The molecule has 2 saturated carbocycles. The summed E-state index contributed by atoms with van der Waals surface area (Å²) in [5.74, 6) is 0.237. The SMILES string of the molecule is O=C(CCN(Cc1cccc2ccccc12)C1CC1)NC1CCCCC1. The van der Waals surface area contributed by atoms with Crippen LogP contribution in [-0.4, -0.2) is 29.4 Å². The van der Waals surface area contributed by atoms with Crippen LogP contribution in [0.3, 0.4) is 0 Å². The normalized spacial score (nSPS) is 18.3. The van der Waals surface area contributed by atoms with Gasteiger partial charge in [0.25, 0.3) is 0 Å². The van der Waals surface area contributed by atoms with E-state index in [1.807, 2.05) is 0 Å². The molecule has 0 bridgehead atoms. The fourth-order valence-corrected chi connectivity index (χ4v) is 4.27. The van der Waals surface area contributed by atoms with E-state index in [9.17, 15) is 4.79 Å². The van der Waals surface area contributed by atoms with Crippen LogP contribution in [0.4, 0.5) is 0 Å². The van der Waals surface area contributed by atoms with Gasteiger partial charge >= 0.3 is 0 Å². The van der Waals surface area contributed by atoms with Gasteiger partial charge in [-0.05, 0) is 42.0 Å². The number of fused-ring (bicyclic) bond motifs is 1. The molecule has 0 radical (unpaired) electrons. The Hall–Kier alpha value is -1.87. The summed E-state index contributed by atoms with van der Waals surface area (Å²) in [4.78, 5) is 14.9. The summed E-state index contributed by atoms with van der Waals surface area (Å²) in [6, 6.07) is 16.3. The molecule has 4 rings (SSSR count). The highest BCUT2D eigenvalue weighted by atomic mass is 16.1. The number of hydrogen-bond acceptors (Lipinski definition) is 2. The molecule has 2 aliphatic carbocycles. The summed E-state index contributed by atoms with van der Waals surface area (Å²) < 4.78 is 0. The van der Waals surface area contributed by atoms with Gasteiger partial charge in [-0.25, -0.2) is 0 Å². The predicted octanol–water partition coefficient (Wildman–Crippen LogP) is 4.64. The van der Waals surface area contributed by atoms with Crippen molar-refractivity contribution in [2.45, 2.75) is 70.0 Å². The lowest BCUT2D eigenvalue weighted by molar-refractivity contribution is -0.122. The van der Waals surface area contributed by atoms with E-state index in [0.717, 1.165) is 25.9 Å². The number of hydrogen-bond donors (Lipinski definition) is 1. The van der Waals surface area contributed by atoms with Crippen molar-refractivity contribution >= 4 is 16.7 Å². The minimum atomic E-state index is 0.237. The van der Waals surface area contributed by atoms with Gasteiger partial charge in [0, 0.05) is 31.6 Å². The molecule has 0 spiro atoms. The molecule has 0 atom stereocenters. The lowest BCUT2D eigenvalue weighted by atomic mass is 9.95. The monoisotopic (exact) mass is 350 g/mol. The van der Waals surface area contributed by atoms with E-state index >= 15 is 0 Å². The Morgan fingerprint density at radius 1 is 0.962 bits per heavy atom. The Labute approximate surface area is 156 Å². The molecule has 3 nitrogen and oxygen atoms in total. The molecular weight excluding hydrogens is 320 g/mol. The first-order valence-electron chi connectivity index (χ1n) is 10.3. The molecule has 0 aromatic heterocycles. The predicted molar refractivity (Wildman–Crippen MR) is 107 cm³/mol. The first-order valence-corrected chi connectivity index (χ1v) is 10.3. The first-order chi connectivity index (χ1) is 12.8. The Morgan fingerprint density at radius 2 is 1.73 bits per heavy atom. The maximum Gasteiger partial charge on any atom is 0.221 e. The molecule has 2 aromatic carbocycles. The van der Waals surface area contributed by atoms with E-state index in [1.54, 1.807) is 0 Å². The van der Waals surface area contributed by atoms with Crippen molar-refractivity contribution in [1.29, 1.82) is 0 Å². The smallest absolute Gasteiger partial charge is 0.221 e. The second kappa shape index (κ2) is 8.22. The van der Waals surface area contributed by atoms with Gasteiger partial charge in [0.1, 0.15) is 0 Å². The molecule has 0 unspecified atom stereocenters. The van der Waals surface area contributed by atoms with Crippen LogP contribution in [-0.2, 0) is 11.3 Å². The van der Waals surface area contributed by atoms with E-state index in [-0.39, 0.29) is 5.91 Å². The zero-order valence-corrected chi connectivity index (χ0v) is 15.6. The Morgan fingerprint density at radius 3 is 2.54 bits per heavy atom. The van der Waals surface area contributed by atoms with Crippen molar-refractivity contribution in [2.75, 3.05) is 6.54 Å². The van der Waals surface area contributed by atoms with Gasteiger partial charge in [0.2, 0.25) is 5.91 Å². The number of rotatable bonds is 7. The number of carbonyl (C=O) groups is 1. The number of amides is 1. The Kier molecular flexibility index (Phi) is 5.54. The van der Waals surface area contributed by atoms with Crippen molar-refractivity contribution < 1.29 is 4.79 Å². The zero-order valence-electron chi connectivity index (χ0n) is 15.6. The van der Waals surface area contributed by atoms with Crippen molar-refractivity contribution in [2.24, 2.45) is 0 Å². The van der Waals surface area contributed by atoms with Gasteiger partial charge in [0.05, 0.1) is 0 Å². The number of nitrogens with one attached hydrogen (secondary N) is 1. The Bertz CT molecular complexity index is 741. The summed E-state index contributed by atoms with van der Waals surface area (Å²) in [7, 11) is 0. The molecule has 3 heteroatoms. The molecular formula is C23H30N2O. The molecule has 1 N–H and O–H groups in total. The summed E-state index contributed by atoms with van der Waals surface area (Å²) in [5.41, 5.74) is 1.38. The molecule has 2 aliphatic rings. The number of nitrogens with zero attached hydrogens (tertiary/aromatic N) is 1. The van der Waals surface area contributed by atoms with E-state index in [1.165, 1.54) is 48.4 Å². The van der Waals surface area contributed by atoms with E-state index in [0.29, 0.717) is 18.5 Å². The zero-order chi connectivity index (χ0) is 17.8. The quantitative estimate of drug-likeness (QED) is 0.789. The van der Waals surface area contributed by atoms with Crippen LogP contribution in [0.15, 0.2) is 42.5 Å². The fraction of sp³-hybridized carbons (Fsp3) is 0.522. The molecule has 0 saturated heterocycles. The van der Waals surface area contributed by atoms with E-state index in [2.05, 4.69) is 52.7 Å². The van der Waals surface area contributed by atoms with Crippen LogP contribution in [0.1, 0.15) is 56.9 Å².